The molecule has 0 aromatic heterocycles. The molecular formula is C52H74Cl2O18. The molecule has 2 saturated heterocycles. The van der Waals surface area contributed by atoms with Crippen LogP contribution in [0.5, 0.6) is 11.5 Å². The third-order valence-electron chi connectivity index (χ3n) is 13.0. The predicted octanol–water partition coefficient (Wildman–Crippen LogP) is 6.23. The highest BCUT2D eigenvalue weighted by Gasteiger charge is 2.53. The minimum absolute atomic E-state index is 0.0387. The molecule has 14 atom stereocenters. The molecule has 0 bridgehead atoms. The van der Waals surface area contributed by atoms with E-state index in [9.17, 15) is 50.1 Å². The van der Waals surface area contributed by atoms with Crippen molar-refractivity contribution in [1.29, 1.82) is 0 Å². The highest BCUT2D eigenvalue weighted by Crippen LogP contribution is 2.45. The van der Waals surface area contributed by atoms with E-state index in [-0.39, 0.29) is 35.4 Å². The van der Waals surface area contributed by atoms with Gasteiger partial charge in [0.05, 0.1) is 53.1 Å². The Morgan fingerprint density at radius 3 is 2.17 bits per heavy atom. The number of cyclic esters (lactones) is 1. The Kier molecular flexibility index (Phi) is 22.4. The number of carbonyl (C=O) groups is 3. The summed E-state index contributed by atoms with van der Waals surface area (Å²) in [6.45, 7) is 18.0. The predicted molar refractivity (Wildman–Crippen MR) is 265 cm³/mol. The van der Waals surface area contributed by atoms with Crippen LogP contribution in [-0.2, 0) is 53.9 Å². The fourth-order valence-corrected chi connectivity index (χ4v) is 9.08. The second-order valence-electron chi connectivity index (χ2n) is 19.4. The molecule has 7 N–H and O–H groups in total. The average molecular weight is 1060 g/mol. The van der Waals surface area contributed by atoms with E-state index < -0.39 is 144 Å². The molecular weight excluding hydrogens is 983 g/mol. The van der Waals surface area contributed by atoms with Crippen molar-refractivity contribution in [3.63, 3.8) is 0 Å². The summed E-state index contributed by atoms with van der Waals surface area (Å²) >= 11 is 12.3. The molecule has 4 rings (SSSR count). The second kappa shape index (κ2) is 26.5. The van der Waals surface area contributed by atoms with Crippen molar-refractivity contribution in [1.82, 2.24) is 0 Å². The number of allylic oxidation sites excluding steroid dienone is 4. The number of aliphatic hydroxyl groups is 5. The van der Waals surface area contributed by atoms with E-state index in [1.807, 2.05) is 32.9 Å². The van der Waals surface area contributed by atoms with Crippen LogP contribution >= 0.6 is 23.2 Å². The van der Waals surface area contributed by atoms with Gasteiger partial charge < -0.3 is 73.6 Å². The minimum Gasteiger partial charge on any atom is -0.505 e. The van der Waals surface area contributed by atoms with Crippen LogP contribution in [0, 0.1) is 11.8 Å². The van der Waals surface area contributed by atoms with Crippen LogP contribution in [0.2, 0.25) is 10.0 Å². The number of benzene rings is 1. The number of rotatable bonds is 13. The SMILES string of the molecule is CCc1c(Cl)c(O)c(Cl)c(O)c1C(=O)O[C@@H]1[C@@H](O)[C@H](OC)[C@@H](OC/C2=C/C=C/C[C@@H](O)/C(C)=C/[C@@H](CC)[C@@H](O[C@@H]3OC(C)(C)[C@@H](O)[C@H](O)[C@@H]3OC(=O)C(C)C)/C(C)=C/C(C)=C/C[C@@H]([C@@H](C)O)OC2=O)O[C@@H]1C. The van der Waals surface area contributed by atoms with E-state index in [1.165, 1.54) is 33.1 Å². The van der Waals surface area contributed by atoms with Crippen molar-refractivity contribution in [3.8, 4) is 11.5 Å². The van der Waals surface area contributed by atoms with Gasteiger partial charge >= 0.3 is 17.9 Å². The zero-order valence-electron chi connectivity index (χ0n) is 43.0. The number of esters is 3. The van der Waals surface area contributed by atoms with Gasteiger partial charge in [-0.05, 0) is 90.5 Å². The summed E-state index contributed by atoms with van der Waals surface area (Å²) in [5, 5.41) is 76.1. The fourth-order valence-electron chi connectivity index (χ4n) is 8.52. The Labute approximate surface area is 431 Å². The summed E-state index contributed by atoms with van der Waals surface area (Å²) in [5.74, 6) is -4.92. The Hall–Kier alpha value is -3.89. The zero-order valence-corrected chi connectivity index (χ0v) is 44.5. The van der Waals surface area contributed by atoms with E-state index in [2.05, 4.69) is 0 Å². The molecule has 1 aromatic carbocycles. The maximum atomic E-state index is 14.0. The summed E-state index contributed by atoms with van der Waals surface area (Å²) in [6.07, 6.45) is -5.45. The Morgan fingerprint density at radius 2 is 1.57 bits per heavy atom. The van der Waals surface area contributed by atoms with Gasteiger partial charge in [-0.3, -0.25) is 4.79 Å². The molecule has 1 aromatic rings. The van der Waals surface area contributed by atoms with Crippen LogP contribution in [0.15, 0.2) is 58.7 Å². The van der Waals surface area contributed by atoms with E-state index in [0.29, 0.717) is 23.1 Å². The van der Waals surface area contributed by atoms with Gasteiger partial charge in [-0.2, -0.15) is 0 Å². The third kappa shape index (κ3) is 14.7. The highest BCUT2D eigenvalue weighted by atomic mass is 35.5. The lowest BCUT2D eigenvalue weighted by Gasteiger charge is -2.47. The van der Waals surface area contributed by atoms with E-state index in [1.54, 1.807) is 53.7 Å². The van der Waals surface area contributed by atoms with Crippen LogP contribution in [0.25, 0.3) is 0 Å². The molecule has 0 unspecified atom stereocenters. The molecule has 0 amide bonds. The first-order valence-corrected chi connectivity index (χ1v) is 24.9. The standard InChI is InChI=1S/C52H74Cl2O18/c1-13-30-22-26(6)33(56)18-16-15-17-31(23-66-50-44(65-12)40(59)43(29(9)67-50)69-49(64)35-32(14-2)36(53)39(58)37(54)38(35)57)48(63)68-34(28(8)55)20-19-25(5)21-27(7)42(30)71-51-45(70-47(62)24(3)4)41(60)46(61)52(10,11)72-51/h15-17,19,21-22,24,28-30,33-34,40-46,50-51,55-61H,13-14,18,20,23H2,1-12H3/b16-15+,25-19+,26-22+,27-21+,31-17-/t28-,29-,30-,33-,34+,40-,41-,42+,43+,44+,45+,46+,50+,51-/m1/s1. The number of ether oxygens (including phenoxy) is 8. The van der Waals surface area contributed by atoms with Crippen molar-refractivity contribution in [2.24, 2.45) is 11.8 Å². The molecule has 3 aliphatic rings. The first-order chi connectivity index (χ1) is 33.7. The summed E-state index contributed by atoms with van der Waals surface area (Å²) in [5.41, 5.74) is 0.279. The number of aliphatic hydroxyl groups excluding tert-OH is 5. The largest absolute Gasteiger partial charge is 0.505 e. The molecule has 0 aliphatic carbocycles. The van der Waals surface area contributed by atoms with Gasteiger partial charge in [-0.25, -0.2) is 9.59 Å². The van der Waals surface area contributed by atoms with E-state index >= 15 is 0 Å². The number of carbonyl (C=O) groups excluding carboxylic acids is 3. The number of aromatic hydroxyl groups is 2. The van der Waals surface area contributed by atoms with Crippen LogP contribution in [0.1, 0.15) is 111 Å². The van der Waals surface area contributed by atoms with Gasteiger partial charge in [-0.1, -0.05) is 86.9 Å². The Balaban J connectivity index is 1.64. The van der Waals surface area contributed by atoms with Gasteiger partial charge in [0.15, 0.2) is 36.3 Å². The minimum atomic E-state index is -1.57. The Morgan fingerprint density at radius 1 is 0.903 bits per heavy atom. The molecule has 0 spiro atoms. The first kappa shape index (κ1) is 60.7. The molecule has 2 fully saturated rings. The average Bonchev–Trinajstić information content (AvgIpc) is 3.32. The number of phenolic OH excluding ortho intramolecular Hbond substituents is 2. The molecule has 404 valence electrons. The van der Waals surface area contributed by atoms with Crippen molar-refractivity contribution < 1.29 is 88.0 Å². The summed E-state index contributed by atoms with van der Waals surface area (Å²) in [4.78, 5) is 40.3. The first-order valence-electron chi connectivity index (χ1n) is 24.2. The second-order valence-corrected chi connectivity index (χ2v) is 20.1. The quantitative estimate of drug-likeness (QED) is 0.0655. The van der Waals surface area contributed by atoms with Crippen molar-refractivity contribution in [2.45, 2.75) is 187 Å². The van der Waals surface area contributed by atoms with Gasteiger partial charge in [-0.15, -0.1) is 0 Å². The fraction of sp³-hybridized carbons (Fsp3) is 0.635. The highest BCUT2D eigenvalue weighted by molar-refractivity contribution is 6.39. The third-order valence-corrected chi connectivity index (χ3v) is 13.8. The van der Waals surface area contributed by atoms with Gasteiger partial charge in [0, 0.05) is 19.4 Å². The van der Waals surface area contributed by atoms with Crippen molar-refractivity contribution in [3.05, 3.63) is 79.9 Å². The topological polar surface area (TPSA) is 267 Å². The lowest BCUT2D eigenvalue weighted by Crippen LogP contribution is -2.64. The van der Waals surface area contributed by atoms with Gasteiger partial charge in [0.2, 0.25) is 0 Å². The van der Waals surface area contributed by atoms with Crippen molar-refractivity contribution in [2.75, 3.05) is 13.7 Å². The number of halogens is 2. The lowest BCUT2D eigenvalue weighted by molar-refractivity contribution is -0.333. The molecule has 3 aliphatic heterocycles. The number of methoxy groups -OCH3 is 1. The molecule has 0 radical (unpaired) electrons. The molecule has 20 heteroatoms. The normalized spacial score (nSPS) is 34.8. The number of hydrogen-bond acceptors (Lipinski definition) is 18. The van der Waals surface area contributed by atoms with E-state index in [0.717, 1.165) is 0 Å². The zero-order chi connectivity index (χ0) is 54.1. The molecule has 3 heterocycles. The van der Waals surface area contributed by atoms with Crippen LogP contribution in [0.3, 0.4) is 0 Å². The van der Waals surface area contributed by atoms with Gasteiger partial charge in [0.1, 0.15) is 41.1 Å². The smallest absolute Gasteiger partial charge is 0.342 e. The number of hydrogen-bond donors (Lipinski definition) is 7. The van der Waals surface area contributed by atoms with Crippen LogP contribution < -0.4 is 0 Å². The van der Waals surface area contributed by atoms with Gasteiger partial charge in [0.25, 0.3) is 0 Å². The lowest BCUT2D eigenvalue weighted by atomic mass is 9.88. The maximum Gasteiger partial charge on any atom is 0.342 e. The summed E-state index contributed by atoms with van der Waals surface area (Å²) in [7, 11) is 1.26. The molecule has 72 heavy (non-hydrogen) atoms. The van der Waals surface area contributed by atoms with E-state index in [4.69, 9.17) is 61.1 Å². The monoisotopic (exact) mass is 1060 g/mol. The van der Waals surface area contributed by atoms with Crippen molar-refractivity contribution >= 4 is 41.1 Å². The summed E-state index contributed by atoms with van der Waals surface area (Å²) < 4.78 is 47.8. The maximum absolute atomic E-state index is 14.0. The van der Waals surface area contributed by atoms with Crippen LogP contribution in [-0.4, -0.2) is 153 Å². The number of phenols is 2. The molecule has 18 nitrogen and oxygen atoms in total. The summed E-state index contributed by atoms with van der Waals surface area (Å²) in [6, 6.07) is 0. The molecule has 0 saturated carbocycles. The Bertz CT molecular complexity index is 2220. The van der Waals surface area contributed by atoms with Crippen LogP contribution in [0.4, 0.5) is 0 Å².